The molecule has 0 saturated carbocycles. The van der Waals surface area contributed by atoms with E-state index in [0.29, 0.717) is 25.3 Å². The number of hydrogen-bond acceptors (Lipinski definition) is 4. The van der Waals surface area contributed by atoms with E-state index in [9.17, 15) is 4.79 Å². The standard InChI is InChI=1S/C13H16N2O2S/c1-3-12(16)14-7-6-10-9(2)17-13(15-10)11-5-4-8-18-11/h4-5,8H,3,6-7H2,1-2H3,(H,14,16). The molecule has 0 aliphatic carbocycles. The Balaban J connectivity index is 1.99. The number of nitrogens with one attached hydrogen (secondary N) is 1. The molecule has 0 unspecified atom stereocenters. The molecular weight excluding hydrogens is 248 g/mol. The third-order valence-corrected chi connectivity index (χ3v) is 3.49. The molecule has 4 nitrogen and oxygen atoms in total. The van der Waals surface area contributed by atoms with Gasteiger partial charge in [-0.25, -0.2) is 4.98 Å². The van der Waals surface area contributed by atoms with E-state index in [1.165, 1.54) is 0 Å². The van der Waals surface area contributed by atoms with Crippen LogP contribution in [0.15, 0.2) is 21.9 Å². The maximum Gasteiger partial charge on any atom is 0.236 e. The van der Waals surface area contributed by atoms with Crippen molar-refractivity contribution in [1.82, 2.24) is 10.3 Å². The second kappa shape index (κ2) is 5.82. The topological polar surface area (TPSA) is 55.1 Å². The van der Waals surface area contributed by atoms with E-state index in [1.807, 2.05) is 31.4 Å². The molecule has 5 heteroatoms. The third-order valence-electron chi connectivity index (χ3n) is 2.63. The van der Waals surface area contributed by atoms with Gasteiger partial charge in [0.25, 0.3) is 0 Å². The number of aryl methyl sites for hydroxylation is 1. The predicted octanol–water partition coefficient (Wildman–Crippen LogP) is 2.78. The molecule has 0 aromatic carbocycles. The zero-order valence-corrected chi connectivity index (χ0v) is 11.3. The van der Waals surface area contributed by atoms with E-state index in [-0.39, 0.29) is 5.91 Å². The molecule has 0 saturated heterocycles. The lowest BCUT2D eigenvalue weighted by atomic mass is 10.2. The maximum absolute atomic E-state index is 11.1. The monoisotopic (exact) mass is 264 g/mol. The highest BCUT2D eigenvalue weighted by Gasteiger charge is 2.11. The van der Waals surface area contributed by atoms with Gasteiger partial charge in [0.15, 0.2) is 0 Å². The number of amides is 1. The molecular formula is C13H16N2O2S. The lowest BCUT2D eigenvalue weighted by Gasteiger charge is -2.00. The van der Waals surface area contributed by atoms with Crippen molar-refractivity contribution in [3.8, 4) is 10.8 Å². The lowest BCUT2D eigenvalue weighted by molar-refractivity contribution is -0.120. The number of rotatable bonds is 5. The Kier molecular flexibility index (Phi) is 4.15. The van der Waals surface area contributed by atoms with Crippen LogP contribution in [-0.2, 0) is 11.2 Å². The molecule has 96 valence electrons. The van der Waals surface area contributed by atoms with Gasteiger partial charge < -0.3 is 9.73 Å². The van der Waals surface area contributed by atoms with Crippen molar-refractivity contribution in [1.29, 1.82) is 0 Å². The van der Waals surface area contributed by atoms with Gasteiger partial charge in [0.2, 0.25) is 11.8 Å². The summed E-state index contributed by atoms with van der Waals surface area (Å²) >= 11 is 1.60. The van der Waals surface area contributed by atoms with E-state index in [4.69, 9.17) is 4.42 Å². The summed E-state index contributed by atoms with van der Waals surface area (Å²) in [7, 11) is 0. The summed E-state index contributed by atoms with van der Waals surface area (Å²) in [6.07, 6.45) is 1.21. The summed E-state index contributed by atoms with van der Waals surface area (Å²) in [6, 6.07) is 3.96. The maximum atomic E-state index is 11.1. The van der Waals surface area contributed by atoms with Gasteiger partial charge in [-0.2, -0.15) is 0 Å². The molecule has 0 aliphatic heterocycles. The minimum Gasteiger partial charge on any atom is -0.440 e. The van der Waals surface area contributed by atoms with Gasteiger partial charge in [-0.3, -0.25) is 4.79 Å². The SMILES string of the molecule is CCC(=O)NCCc1nc(-c2cccs2)oc1C. The van der Waals surface area contributed by atoms with Gasteiger partial charge in [-0.05, 0) is 18.4 Å². The minimum atomic E-state index is 0.0645. The summed E-state index contributed by atoms with van der Waals surface area (Å²) in [5.74, 6) is 1.55. The summed E-state index contributed by atoms with van der Waals surface area (Å²) < 4.78 is 5.63. The highest BCUT2D eigenvalue weighted by Crippen LogP contribution is 2.25. The van der Waals surface area contributed by atoms with Crippen molar-refractivity contribution in [3.05, 3.63) is 29.0 Å². The predicted molar refractivity (Wildman–Crippen MR) is 71.6 cm³/mol. The Bertz CT molecular complexity index is 517. The number of nitrogens with zero attached hydrogens (tertiary/aromatic N) is 1. The smallest absolute Gasteiger partial charge is 0.236 e. The summed E-state index contributed by atoms with van der Waals surface area (Å²) in [5.41, 5.74) is 0.912. The van der Waals surface area contributed by atoms with Crippen LogP contribution in [0.2, 0.25) is 0 Å². The second-order valence-corrected chi connectivity index (χ2v) is 4.90. The third kappa shape index (κ3) is 2.98. The minimum absolute atomic E-state index is 0.0645. The van der Waals surface area contributed by atoms with E-state index in [0.717, 1.165) is 16.3 Å². The highest BCUT2D eigenvalue weighted by molar-refractivity contribution is 7.13. The van der Waals surface area contributed by atoms with E-state index >= 15 is 0 Å². The van der Waals surface area contributed by atoms with Gasteiger partial charge in [0.05, 0.1) is 10.6 Å². The zero-order valence-electron chi connectivity index (χ0n) is 10.5. The van der Waals surface area contributed by atoms with Crippen molar-refractivity contribution < 1.29 is 9.21 Å². The van der Waals surface area contributed by atoms with Crippen LogP contribution in [0, 0.1) is 6.92 Å². The molecule has 0 radical (unpaired) electrons. The highest BCUT2D eigenvalue weighted by atomic mass is 32.1. The van der Waals surface area contributed by atoms with Crippen LogP contribution in [0.4, 0.5) is 0 Å². The lowest BCUT2D eigenvalue weighted by Crippen LogP contribution is -2.24. The van der Waals surface area contributed by atoms with Crippen LogP contribution in [0.25, 0.3) is 10.8 Å². The molecule has 18 heavy (non-hydrogen) atoms. The Labute approximate surface area is 110 Å². The van der Waals surface area contributed by atoms with Crippen LogP contribution in [0.5, 0.6) is 0 Å². The van der Waals surface area contributed by atoms with Gasteiger partial charge in [-0.1, -0.05) is 13.0 Å². The average Bonchev–Trinajstić information content (AvgIpc) is 2.99. The molecule has 0 atom stereocenters. The number of thiophene rings is 1. The summed E-state index contributed by atoms with van der Waals surface area (Å²) in [4.78, 5) is 16.6. The largest absolute Gasteiger partial charge is 0.440 e. The first-order valence-electron chi connectivity index (χ1n) is 5.97. The van der Waals surface area contributed by atoms with Gasteiger partial charge in [0, 0.05) is 19.4 Å². The summed E-state index contributed by atoms with van der Waals surface area (Å²) in [5, 5.41) is 4.83. The number of carbonyl (C=O) groups is 1. The molecule has 1 amide bonds. The molecule has 0 fully saturated rings. The molecule has 2 heterocycles. The number of hydrogen-bond donors (Lipinski definition) is 1. The molecule has 2 aromatic rings. The van der Waals surface area contributed by atoms with Gasteiger partial charge in [0.1, 0.15) is 5.76 Å². The van der Waals surface area contributed by atoms with Crippen molar-refractivity contribution >= 4 is 17.2 Å². The Morgan fingerprint density at radius 2 is 2.39 bits per heavy atom. The van der Waals surface area contributed by atoms with Crippen molar-refractivity contribution in [2.45, 2.75) is 26.7 Å². The second-order valence-electron chi connectivity index (χ2n) is 3.95. The number of carbonyl (C=O) groups excluding carboxylic acids is 1. The zero-order chi connectivity index (χ0) is 13.0. The number of aromatic nitrogens is 1. The Hall–Kier alpha value is -1.62. The van der Waals surface area contributed by atoms with Crippen molar-refractivity contribution in [2.75, 3.05) is 6.54 Å². The Morgan fingerprint density at radius 3 is 3.06 bits per heavy atom. The molecule has 2 aromatic heterocycles. The first kappa shape index (κ1) is 12.8. The molecule has 0 bridgehead atoms. The van der Waals surface area contributed by atoms with Crippen LogP contribution >= 0.6 is 11.3 Å². The van der Waals surface area contributed by atoms with E-state index < -0.39 is 0 Å². The van der Waals surface area contributed by atoms with Gasteiger partial charge in [-0.15, -0.1) is 11.3 Å². The normalized spacial score (nSPS) is 10.6. The summed E-state index contributed by atoms with van der Waals surface area (Å²) in [6.45, 7) is 4.34. The van der Waals surface area contributed by atoms with Crippen LogP contribution in [0.1, 0.15) is 24.8 Å². The molecule has 0 aliphatic rings. The first-order chi connectivity index (χ1) is 8.70. The molecule has 1 N–H and O–H groups in total. The molecule has 0 spiro atoms. The Morgan fingerprint density at radius 1 is 1.56 bits per heavy atom. The van der Waals surface area contributed by atoms with Crippen LogP contribution in [-0.4, -0.2) is 17.4 Å². The first-order valence-corrected chi connectivity index (χ1v) is 6.85. The average molecular weight is 264 g/mol. The van der Waals surface area contributed by atoms with Crippen molar-refractivity contribution in [2.24, 2.45) is 0 Å². The fraction of sp³-hybridized carbons (Fsp3) is 0.385. The quantitative estimate of drug-likeness (QED) is 0.903. The van der Waals surface area contributed by atoms with Gasteiger partial charge >= 0.3 is 0 Å². The fourth-order valence-electron chi connectivity index (χ4n) is 1.61. The number of oxazole rings is 1. The van der Waals surface area contributed by atoms with Crippen molar-refractivity contribution in [3.63, 3.8) is 0 Å². The van der Waals surface area contributed by atoms with E-state index in [2.05, 4.69) is 10.3 Å². The fourth-order valence-corrected chi connectivity index (χ4v) is 2.26. The van der Waals surface area contributed by atoms with Crippen LogP contribution < -0.4 is 5.32 Å². The molecule has 2 rings (SSSR count). The van der Waals surface area contributed by atoms with Crippen LogP contribution in [0.3, 0.4) is 0 Å². The van der Waals surface area contributed by atoms with E-state index in [1.54, 1.807) is 11.3 Å².